The van der Waals surface area contributed by atoms with Crippen molar-refractivity contribution in [3.05, 3.63) is 59.8 Å². The van der Waals surface area contributed by atoms with E-state index in [1.165, 1.54) is 11.0 Å². The van der Waals surface area contributed by atoms with Crippen molar-refractivity contribution < 1.29 is 18.0 Å². The van der Waals surface area contributed by atoms with Crippen LogP contribution in [0.3, 0.4) is 0 Å². The summed E-state index contributed by atoms with van der Waals surface area (Å²) in [7, 11) is 3.32. The molecule has 7 nitrogen and oxygen atoms in total. The summed E-state index contributed by atoms with van der Waals surface area (Å²) in [5.41, 5.74) is -0.253. The number of amides is 1. The lowest BCUT2D eigenvalue weighted by molar-refractivity contribution is -0.137. The van der Waals surface area contributed by atoms with Crippen LogP contribution in [0.5, 0.6) is 0 Å². The summed E-state index contributed by atoms with van der Waals surface area (Å²) >= 11 is 0. The van der Waals surface area contributed by atoms with E-state index in [-0.39, 0.29) is 43.0 Å². The molecule has 0 aliphatic carbocycles. The second kappa shape index (κ2) is 12.1. The lowest BCUT2D eigenvalue weighted by Crippen LogP contribution is -2.53. The van der Waals surface area contributed by atoms with Gasteiger partial charge in [-0.2, -0.15) is 13.2 Å². The molecule has 0 atom stereocenters. The molecule has 33 heavy (non-hydrogen) atoms. The minimum atomic E-state index is -4.40. The van der Waals surface area contributed by atoms with Gasteiger partial charge in [0.15, 0.2) is 5.96 Å². The Morgan fingerprint density at radius 3 is 2.45 bits per heavy atom. The van der Waals surface area contributed by atoms with E-state index in [2.05, 4.69) is 20.2 Å². The van der Waals surface area contributed by atoms with Gasteiger partial charge < -0.3 is 20.0 Å². The molecule has 11 heteroatoms. The predicted molar refractivity (Wildman–Crippen MR) is 133 cm³/mol. The number of alkyl halides is 3. The molecular weight excluding hydrogens is 548 g/mol. The van der Waals surface area contributed by atoms with Crippen LogP contribution in [-0.4, -0.2) is 73.5 Å². The van der Waals surface area contributed by atoms with Crippen molar-refractivity contribution >= 4 is 41.7 Å². The molecule has 0 unspecified atom stereocenters. The van der Waals surface area contributed by atoms with Gasteiger partial charge in [-0.15, -0.1) is 24.0 Å². The Hall–Kier alpha value is -2.57. The Labute approximate surface area is 208 Å². The zero-order valence-corrected chi connectivity index (χ0v) is 20.9. The molecule has 1 aromatic carbocycles. The summed E-state index contributed by atoms with van der Waals surface area (Å²) in [4.78, 5) is 26.6. The fraction of sp³-hybridized carbons (Fsp3) is 0.409. The maximum Gasteiger partial charge on any atom is 0.416 e. The van der Waals surface area contributed by atoms with E-state index >= 15 is 0 Å². The highest BCUT2D eigenvalue weighted by Crippen LogP contribution is 2.29. The number of aromatic nitrogens is 1. The third kappa shape index (κ3) is 7.76. The quantitative estimate of drug-likeness (QED) is 0.337. The van der Waals surface area contributed by atoms with E-state index in [9.17, 15) is 18.0 Å². The first-order chi connectivity index (χ1) is 15.2. The van der Waals surface area contributed by atoms with Crippen LogP contribution in [0.2, 0.25) is 0 Å². The number of guanidine groups is 1. The van der Waals surface area contributed by atoms with Gasteiger partial charge in [-0.1, -0.05) is 18.2 Å². The molecule has 1 aliphatic heterocycles. The van der Waals surface area contributed by atoms with Crippen molar-refractivity contribution in [1.29, 1.82) is 0 Å². The number of nitrogens with zero attached hydrogens (tertiary/aromatic N) is 5. The number of piperazine rings is 1. The molecule has 1 saturated heterocycles. The number of hydrogen-bond acceptors (Lipinski definition) is 4. The summed E-state index contributed by atoms with van der Waals surface area (Å²) in [5, 5.41) is 3.07. The summed E-state index contributed by atoms with van der Waals surface area (Å²) in [5.74, 6) is 1.27. The van der Waals surface area contributed by atoms with Gasteiger partial charge in [0.2, 0.25) is 5.91 Å². The number of carbonyl (C=O) groups excluding carboxylic acids is 1. The molecule has 1 aliphatic rings. The van der Waals surface area contributed by atoms with E-state index in [1.54, 1.807) is 26.4 Å². The molecule has 1 N–H and O–H groups in total. The molecule has 180 valence electrons. The number of pyridine rings is 1. The number of likely N-dealkylation sites (N-methyl/N-ethyl adjacent to an activating group) is 1. The second-order valence-electron chi connectivity index (χ2n) is 7.64. The fourth-order valence-corrected chi connectivity index (χ4v) is 3.28. The molecule has 2 aromatic rings. The summed E-state index contributed by atoms with van der Waals surface area (Å²) in [6, 6.07) is 10.9. The molecule has 0 spiro atoms. The van der Waals surface area contributed by atoms with Crippen molar-refractivity contribution in [2.75, 3.05) is 51.7 Å². The van der Waals surface area contributed by atoms with Crippen molar-refractivity contribution in [2.24, 2.45) is 4.99 Å². The zero-order chi connectivity index (χ0) is 23.1. The van der Waals surface area contributed by atoms with Crippen LogP contribution < -0.4 is 10.2 Å². The summed E-state index contributed by atoms with van der Waals surface area (Å²) in [6.07, 6.45) is -2.65. The Bertz CT molecular complexity index is 931. The molecule has 0 bridgehead atoms. The van der Waals surface area contributed by atoms with Gasteiger partial charge >= 0.3 is 6.18 Å². The monoisotopic (exact) mass is 576 g/mol. The lowest BCUT2D eigenvalue weighted by Gasteiger charge is -2.37. The summed E-state index contributed by atoms with van der Waals surface area (Å²) in [6.45, 7) is 2.83. The van der Waals surface area contributed by atoms with E-state index in [0.717, 1.165) is 18.0 Å². The van der Waals surface area contributed by atoms with Crippen LogP contribution in [0.15, 0.2) is 53.7 Å². The number of anilines is 1. The summed E-state index contributed by atoms with van der Waals surface area (Å²) < 4.78 is 39.0. The molecule has 1 amide bonds. The van der Waals surface area contributed by atoms with E-state index < -0.39 is 11.7 Å². The number of halogens is 4. The minimum absolute atomic E-state index is 0. The topological polar surface area (TPSA) is 64.1 Å². The highest BCUT2D eigenvalue weighted by molar-refractivity contribution is 14.0. The Morgan fingerprint density at radius 2 is 1.85 bits per heavy atom. The third-order valence-electron chi connectivity index (χ3n) is 5.11. The van der Waals surface area contributed by atoms with Gasteiger partial charge in [-0.3, -0.25) is 4.79 Å². The Morgan fingerprint density at radius 1 is 1.12 bits per heavy atom. The molecular formula is C22H28F3IN6O. The minimum Gasteiger partial charge on any atom is -0.353 e. The number of hydrogen-bond donors (Lipinski definition) is 1. The highest BCUT2D eigenvalue weighted by Gasteiger charge is 2.30. The van der Waals surface area contributed by atoms with E-state index in [1.807, 2.05) is 23.1 Å². The van der Waals surface area contributed by atoms with E-state index in [0.29, 0.717) is 37.7 Å². The van der Waals surface area contributed by atoms with Crippen LogP contribution in [0.4, 0.5) is 19.0 Å². The highest BCUT2D eigenvalue weighted by atomic mass is 127. The van der Waals surface area contributed by atoms with Gasteiger partial charge in [-0.25, -0.2) is 9.98 Å². The lowest BCUT2D eigenvalue weighted by atomic mass is 10.1. The van der Waals surface area contributed by atoms with Crippen LogP contribution in [-0.2, 0) is 17.5 Å². The van der Waals surface area contributed by atoms with Crippen molar-refractivity contribution in [1.82, 2.24) is 20.1 Å². The van der Waals surface area contributed by atoms with Crippen LogP contribution >= 0.6 is 24.0 Å². The van der Waals surface area contributed by atoms with E-state index in [4.69, 9.17) is 0 Å². The van der Waals surface area contributed by atoms with Gasteiger partial charge in [0.1, 0.15) is 5.82 Å². The molecule has 1 fully saturated rings. The smallest absolute Gasteiger partial charge is 0.353 e. The fourth-order valence-electron chi connectivity index (χ4n) is 3.28. The number of aliphatic imine (C=N–C) groups is 1. The van der Waals surface area contributed by atoms with Crippen LogP contribution in [0.25, 0.3) is 0 Å². The molecule has 2 heterocycles. The molecule has 0 saturated carbocycles. The number of rotatable bonds is 5. The molecule has 1 aromatic heterocycles. The normalized spacial score (nSPS) is 14.5. The average molecular weight is 576 g/mol. The predicted octanol–water partition coefficient (Wildman–Crippen LogP) is 3.07. The average Bonchev–Trinajstić information content (AvgIpc) is 2.79. The maximum absolute atomic E-state index is 13.0. The van der Waals surface area contributed by atoms with Gasteiger partial charge in [-0.05, 0) is 29.8 Å². The number of carbonyl (C=O) groups is 1. The van der Waals surface area contributed by atoms with Crippen LogP contribution in [0, 0.1) is 0 Å². The number of benzene rings is 1. The Kier molecular flexibility index (Phi) is 9.74. The van der Waals surface area contributed by atoms with Crippen LogP contribution in [0.1, 0.15) is 11.1 Å². The first-order valence-corrected chi connectivity index (χ1v) is 10.3. The van der Waals surface area contributed by atoms with Gasteiger partial charge in [0.05, 0.1) is 18.7 Å². The molecule has 3 rings (SSSR count). The SMILES string of the molecule is CN(C)C(=O)CNC(=NCc1cccc(C(F)(F)F)c1)N1CCN(c2ccccn2)CC1.I. The number of nitrogens with one attached hydrogen (secondary N) is 1. The van der Waals surface area contributed by atoms with Crippen molar-refractivity contribution in [3.8, 4) is 0 Å². The van der Waals surface area contributed by atoms with Crippen molar-refractivity contribution in [3.63, 3.8) is 0 Å². The van der Waals surface area contributed by atoms with Crippen molar-refractivity contribution in [2.45, 2.75) is 12.7 Å². The molecule has 0 radical (unpaired) electrons. The standard InChI is InChI=1S/C22H27F3N6O.HI/c1-29(2)20(32)16-28-21(27-15-17-6-5-7-18(14-17)22(23,24)25)31-12-10-30(11-13-31)19-8-3-4-9-26-19;/h3-9,14H,10-13,15-16H2,1-2H3,(H,27,28);1H. The van der Waals surface area contributed by atoms with Gasteiger partial charge in [0.25, 0.3) is 0 Å². The zero-order valence-electron chi connectivity index (χ0n) is 18.5. The second-order valence-corrected chi connectivity index (χ2v) is 7.64. The largest absolute Gasteiger partial charge is 0.416 e. The first kappa shape index (κ1) is 26.7. The third-order valence-corrected chi connectivity index (χ3v) is 5.11. The maximum atomic E-state index is 13.0. The first-order valence-electron chi connectivity index (χ1n) is 10.3. The Balaban J connectivity index is 0.00000385. The van der Waals surface area contributed by atoms with Gasteiger partial charge in [0, 0.05) is 46.5 Å².